The number of rotatable bonds is 5. The van der Waals surface area contributed by atoms with Gasteiger partial charge in [0.25, 0.3) is 0 Å². The van der Waals surface area contributed by atoms with Crippen molar-refractivity contribution in [2.24, 2.45) is 0 Å². The quantitative estimate of drug-likeness (QED) is 0.877. The van der Waals surface area contributed by atoms with Crippen LogP contribution in [0.2, 0.25) is 4.34 Å². The van der Waals surface area contributed by atoms with Gasteiger partial charge in [-0.1, -0.05) is 18.5 Å². The third-order valence-electron chi connectivity index (χ3n) is 2.93. The number of hydrogen-bond donors (Lipinski definition) is 1. The molecule has 0 bridgehead atoms. The van der Waals surface area contributed by atoms with E-state index in [1.54, 1.807) is 11.3 Å². The summed E-state index contributed by atoms with van der Waals surface area (Å²) in [5, 5.41) is 4.42. The summed E-state index contributed by atoms with van der Waals surface area (Å²) >= 11 is 9.82. The molecule has 1 aromatic rings. The van der Waals surface area contributed by atoms with Crippen LogP contribution >= 0.6 is 34.7 Å². The molecule has 0 aliphatic carbocycles. The average Bonchev–Trinajstić information content (AvgIpc) is 2.88. The standard InChI is InChI=1S/C12H18ClNS2/c1-2-14-10(11-4-3-7-15-11)8-9-5-6-12(13)16-9/h5-6,10-11,14H,2-4,7-8H2,1H3. The van der Waals surface area contributed by atoms with Crippen molar-refractivity contribution in [3.63, 3.8) is 0 Å². The van der Waals surface area contributed by atoms with E-state index in [0.29, 0.717) is 6.04 Å². The highest BCUT2D eigenvalue weighted by Crippen LogP contribution is 2.31. The maximum Gasteiger partial charge on any atom is 0.0931 e. The first-order valence-electron chi connectivity index (χ1n) is 5.89. The number of thiophene rings is 1. The van der Waals surface area contributed by atoms with Crippen LogP contribution in [0.25, 0.3) is 0 Å². The van der Waals surface area contributed by atoms with Gasteiger partial charge >= 0.3 is 0 Å². The van der Waals surface area contributed by atoms with Gasteiger partial charge in [-0.2, -0.15) is 11.8 Å². The molecule has 1 fully saturated rings. The van der Waals surface area contributed by atoms with Crippen molar-refractivity contribution in [3.05, 3.63) is 21.3 Å². The molecule has 1 aliphatic rings. The molecule has 2 unspecified atom stereocenters. The smallest absolute Gasteiger partial charge is 0.0931 e. The van der Waals surface area contributed by atoms with Crippen LogP contribution in [-0.2, 0) is 6.42 Å². The Morgan fingerprint density at radius 1 is 1.56 bits per heavy atom. The molecule has 2 atom stereocenters. The molecule has 1 saturated heterocycles. The van der Waals surface area contributed by atoms with E-state index in [9.17, 15) is 0 Å². The fourth-order valence-corrected chi connectivity index (χ4v) is 4.74. The molecule has 1 N–H and O–H groups in total. The van der Waals surface area contributed by atoms with Crippen molar-refractivity contribution in [2.45, 2.75) is 37.5 Å². The Kier molecular flexibility index (Phi) is 5.01. The fourth-order valence-electron chi connectivity index (χ4n) is 2.20. The summed E-state index contributed by atoms with van der Waals surface area (Å²) in [5.74, 6) is 1.33. The average molecular weight is 276 g/mol. The molecule has 1 nitrogen and oxygen atoms in total. The lowest BCUT2D eigenvalue weighted by molar-refractivity contribution is 0.498. The Bertz CT molecular complexity index is 321. The minimum absolute atomic E-state index is 0.618. The number of halogens is 1. The van der Waals surface area contributed by atoms with Crippen LogP contribution in [0.15, 0.2) is 12.1 Å². The van der Waals surface area contributed by atoms with Crippen LogP contribution in [-0.4, -0.2) is 23.6 Å². The maximum absolute atomic E-state index is 5.97. The second-order valence-electron chi connectivity index (χ2n) is 4.13. The van der Waals surface area contributed by atoms with Crippen LogP contribution in [0, 0.1) is 0 Å². The summed E-state index contributed by atoms with van der Waals surface area (Å²) in [7, 11) is 0. The lowest BCUT2D eigenvalue weighted by atomic mass is 10.1. The van der Waals surface area contributed by atoms with E-state index in [-0.39, 0.29) is 0 Å². The molecule has 1 aromatic heterocycles. The minimum atomic E-state index is 0.618. The molecule has 0 radical (unpaired) electrons. The molecule has 2 rings (SSSR count). The predicted molar refractivity (Wildman–Crippen MR) is 76.0 cm³/mol. The Hall–Kier alpha value is 0.300. The van der Waals surface area contributed by atoms with Gasteiger partial charge in [0.1, 0.15) is 0 Å². The van der Waals surface area contributed by atoms with E-state index in [1.165, 1.54) is 23.5 Å². The van der Waals surface area contributed by atoms with Gasteiger partial charge in [0.05, 0.1) is 4.34 Å². The minimum Gasteiger partial charge on any atom is -0.313 e. The van der Waals surface area contributed by atoms with Gasteiger partial charge < -0.3 is 5.32 Å². The largest absolute Gasteiger partial charge is 0.313 e. The summed E-state index contributed by atoms with van der Waals surface area (Å²) in [4.78, 5) is 1.41. The van der Waals surface area contributed by atoms with Crippen molar-refractivity contribution in [3.8, 4) is 0 Å². The lowest BCUT2D eigenvalue weighted by Crippen LogP contribution is -2.38. The van der Waals surface area contributed by atoms with Crippen molar-refractivity contribution in [1.29, 1.82) is 0 Å². The zero-order chi connectivity index (χ0) is 11.4. The summed E-state index contributed by atoms with van der Waals surface area (Å²) in [6, 6.07) is 4.79. The van der Waals surface area contributed by atoms with E-state index < -0.39 is 0 Å². The fraction of sp³-hybridized carbons (Fsp3) is 0.667. The number of likely N-dealkylation sites (N-methyl/N-ethyl adjacent to an activating group) is 1. The van der Waals surface area contributed by atoms with E-state index >= 15 is 0 Å². The van der Waals surface area contributed by atoms with Crippen LogP contribution in [0.1, 0.15) is 24.6 Å². The molecule has 0 saturated carbocycles. The molecule has 0 aromatic carbocycles. The normalized spacial score (nSPS) is 22.5. The molecule has 4 heteroatoms. The summed E-state index contributed by atoms with van der Waals surface area (Å²) in [5.41, 5.74) is 0. The highest BCUT2D eigenvalue weighted by molar-refractivity contribution is 8.00. The second kappa shape index (κ2) is 6.29. The molecule has 0 spiro atoms. The highest BCUT2D eigenvalue weighted by atomic mass is 35.5. The van der Waals surface area contributed by atoms with E-state index in [2.05, 4.69) is 30.1 Å². The summed E-state index contributed by atoms with van der Waals surface area (Å²) < 4.78 is 0.907. The van der Waals surface area contributed by atoms with Crippen LogP contribution in [0.3, 0.4) is 0 Å². The maximum atomic E-state index is 5.97. The molecule has 0 amide bonds. The predicted octanol–water partition coefficient (Wildman–Crippen LogP) is 3.82. The molecule has 16 heavy (non-hydrogen) atoms. The first-order valence-corrected chi connectivity index (χ1v) is 8.13. The van der Waals surface area contributed by atoms with E-state index in [0.717, 1.165) is 22.6 Å². The number of thioether (sulfide) groups is 1. The van der Waals surface area contributed by atoms with E-state index in [1.807, 2.05) is 6.07 Å². The molecule has 1 aliphatic heterocycles. The van der Waals surface area contributed by atoms with Crippen molar-refractivity contribution in [1.82, 2.24) is 5.32 Å². The van der Waals surface area contributed by atoms with Gasteiger partial charge in [0.15, 0.2) is 0 Å². The third-order valence-corrected chi connectivity index (χ3v) is 5.70. The highest BCUT2D eigenvalue weighted by Gasteiger charge is 2.25. The Balaban J connectivity index is 1.96. The van der Waals surface area contributed by atoms with E-state index in [4.69, 9.17) is 11.6 Å². The molecule has 90 valence electrons. The van der Waals surface area contributed by atoms with Gasteiger partial charge in [-0.05, 0) is 43.7 Å². The monoisotopic (exact) mass is 275 g/mol. The zero-order valence-electron chi connectivity index (χ0n) is 9.54. The Morgan fingerprint density at radius 2 is 2.44 bits per heavy atom. The van der Waals surface area contributed by atoms with Crippen molar-refractivity contribution < 1.29 is 0 Å². The van der Waals surface area contributed by atoms with Crippen LogP contribution < -0.4 is 5.32 Å². The first-order chi connectivity index (χ1) is 7.79. The van der Waals surface area contributed by atoms with Gasteiger partial charge in [-0.15, -0.1) is 11.3 Å². The summed E-state index contributed by atoms with van der Waals surface area (Å²) in [6.07, 6.45) is 3.87. The lowest BCUT2D eigenvalue weighted by Gasteiger charge is -2.23. The molecular formula is C12H18ClNS2. The Morgan fingerprint density at radius 3 is 3.00 bits per heavy atom. The topological polar surface area (TPSA) is 12.0 Å². The molecule has 2 heterocycles. The third kappa shape index (κ3) is 3.39. The number of hydrogen-bond acceptors (Lipinski definition) is 3. The SMILES string of the molecule is CCNC(Cc1ccc(Cl)s1)C1CCCS1. The summed E-state index contributed by atoms with van der Waals surface area (Å²) in [6.45, 7) is 3.24. The van der Waals surface area contributed by atoms with Gasteiger partial charge in [0, 0.05) is 16.2 Å². The van der Waals surface area contributed by atoms with Gasteiger partial charge in [-0.3, -0.25) is 0 Å². The second-order valence-corrected chi connectivity index (χ2v) is 7.27. The Labute approximate surface area is 111 Å². The van der Waals surface area contributed by atoms with Gasteiger partial charge in [-0.25, -0.2) is 0 Å². The van der Waals surface area contributed by atoms with Crippen LogP contribution in [0.5, 0.6) is 0 Å². The molecular weight excluding hydrogens is 258 g/mol. The number of nitrogens with one attached hydrogen (secondary N) is 1. The van der Waals surface area contributed by atoms with Crippen LogP contribution in [0.4, 0.5) is 0 Å². The van der Waals surface area contributed by atoms with Crippen molar-refractivity contribution >= 4 is 34.7 Å². The zero-order valence-corrected chi connectivity index (χ0v) is 11.9. The van der Waals surface area contributed by atoms with Crippen molar-refractivity contribution in [2.75, 3.05) is 12.3 Å². The first kappa shape index (κ1) is 12.7. The van der Waals surface area contributed by atoms with Gasteiger partial charge in [0.2, 0.25) is 0 Å².